The number of anilines is 2. The van der Waals surface area contributed by atoms with Crippen molar-refractivity contribution < 1.29 is 17.6 Å². The van der Waals surface area contributed by atoms with Gasteiger partial charge in [0.05, 0.1) is 10.6 Å². The third kappa shape index (κ3) is 3.44. The number of hydrogen-bond acceptors (Lipinski definition) is 4. The number of rotatable bonds is 3. The molecule has 0 radical (unpaired) electrons. The molecule has 152 valence electrons. The molecule has 0 N–H and O–H groups in total. The Labute approximate surface area is 175 Å². The molecular weight excluding hydrogens is 401 g/mol. The largest absolute Gasteiger partial charge is 0.314 e. The van der Waals surface area contributed by atoms with Gasteiger partial charge in [-0.25, -0.2) is 12.8 Å². The van der Waals surface area contributed by atoms with E-state index in [1.807, 2.05) is 39.0 Å². The molecule has 4 rings (SSSR count). The number of ketones is 1. The zero-order valence-electron chi connectivity index (χ0n) is 16.8. The Hall–Kier alpha value is -3.25. The second kappa shape index (κ2) is 7.22. The lowest BCUT2D eigenvalue weighted by molar-refractivity contribution is 0.104. The van der Waals surface area contributed by atoms with Gasteiger partial charge in [-0.05, 0) is 62.2 Å². The van der Waals surface area contributed by atoms with Gasteiger partial charge in [0.15, 0.2) is 0 Å². The van der Waals surface area contributed by atoms with Crippen molar-refractivity contribution in [3.05, 3.63) is 99.8 Å². The second-order valence-electron chi connectivity index (χ2n) is 7.52. The van der Waals surface area contributed by atoms with Crippen LogP contribution in [0.15, 0.2) is 76.7 Å². The van der Waals surface area contributed by atoms with E-state index in [-0.39, 0.29) is 21.1 Å². The molecule has 6 heteroatoms. The van der Waals surface area contributed by atoms with Gasteiger partial charge in [0.25, 0.3) is 0 Å². The van der Waals surface area contributed by atoms with Gasteiger partial charge in [-0.2, -0.15) is 0 Å². The number of fused-ring (bicyclic) bond motifs is 1. The van der Waals surface area contributed by atoms with Crippen LogP contribution in [0.3, 0.4) is 0 Å². The van der Waals surface area contributed by atoms with E-state index in [9.17, 15) is 17.6 Å². The van der Waals surface area contributed by atoms with Crippen molar-refractivity contribution in [1.82, 2.24) is 0 Å². The molecule has 4 nitrogen and oxygen atoms in total. The summed E-state index contributed by atoms with van der Waals surface area (Å²) >= 11 is 0. The van der Waals surface area contributed by atoms with Crippen molar-refractivity contribution in [3.63, 3.8) is 0 Å². The molecule has 1 aliphatic heterocycles. The fourth-order valence-corrected chi connectivity index (χ4v) is 5.13. The highest BCUT2D eigenvalue weighted by Gasteiger charge is 2.36. The Bertz CT molecular complexity index is 1290. The van der Waals surface area contributed by atoms with Crippen LogP contribution in [0.5, 0.6) is 0 Å². The SMILES string of the molecule is Cc1ccc(C(=O)C2=CN(c3cc(C)cc(C)c3)c3cc(F)ccc3S2(=O)=O)cc1. The van der Waals surface area contributed by atoms with E-state index in [0.29, 0.717) is 5.69 Å². The first-order valence-corrected chi connectivity index (χ1v) is 10.9. The molecule has 0 saturated heterocycles. The van der Waals surface area contributed by atoms with E-state index in [0.717, 1.165) is 22.8 Å². The highest BCUT2D eigenvalue weighted by Crippen LogP contribution is 2.41. The van der Waals surface area contributed by atoms with Crippen molar-refractivity contribution in [2.75, 3.05) is 4.90 Å². The molecule has 0 unspecified atom stereocenters. The van der Waals surface area contributed by atoms with E-state index in [1.165, 1.54) is 18.3 Å². The molecule has 0 aliphatic carbocycles. The van der Waals surface area contributed by atoms with Crippen LogP contribution < -0.4 is 4.90 Å². The Balaban J connectivity index is 1.96. The van der Waals surface area contributed by atoms with Crippen LogP contribution in [0, 0.1) is 26.6 Å². The van der Waals surface area contributed by atoms with Gasteiger partial charge in [-0.1, -0.05) is 35.9 Å². The van der Waals surface area contributed by atoms with Crippen LogP contribution in [-0.4, -0.2) is 14.2 Å². The van der Waals surface area contributed by atoms with Gasteiger partial charge in [0, 0.05) is 17.5 Å². The molecule has 0 fully saturated rings. The molecule has 3 aromatic carbocycles. The van der Waals surface area contributed by atoms with Crippen LogP contribution in [0.25, 0.3) is 0 Å². The normalized spacial score (nSPS) is 14.8. The minimum absolute atomic E-state index is 0.0963. The van der Waals surface area contributed by atoms with Crippen LogP contribution in [0.1, 0.15) is 27.0 Å². The fraction of sp³-hybridized carbons (Fsp3) is 0.125. The number of nitrogens with zero attached hydrogens (tertiary/aromatic N) is 1. The van der Waals surface area contributed by atoms with Crippen molar-refractivity contribution in [3.8, 4) is 0 Å². The summed E-state index contributed by atoms with van der Waals surface area (Å²) in [6.07, 6.45) is 1.30. The van der Waals surface area contributed by atoms with Crippen molar-refractivity contribution in [2.45, 2.75) is 25.7 Å². The number of aryl methyl sites for hydroxylation is 3. The van der Waals surface area contributed by atoms with Crippen LogP contribution in [0.2, 0.25) is 0 Å². The average molecular weight is 421 g/mol. The minimum Gasteiger partial charge on any atom is -0.314 e. The first-order valence-electron chi connectivity index (χ1n) is 9.42. The molecule has 0 amide bonds. The summed E-state index contributed by atoms with van der Waals surface area (Å²) < 4.78 is 40.6. The molecule has 0 spiro atoms. The van der Waals surface area contributed by atoms with E-state index in [1.54, 1.807) is 29.2 Å². The van der Waals surface area contributed by atoms with E-state index < -0.39 is 21.4 Å². The Morgan fingerprint density at radius 1 is 0.833 bits per heavy atom. The topological polar surface area (TPSA) is 54.5 Å². The van der Waals surface area contributed by atoms with E-state index in [2.05, 4.69) is 0 Å². The van der Waals surface area contributed by atoms with Crippen molar-refractivity contribution in [1.29, 1.82) is 0 Å². The molecule has 30 heavy (non-hydrogen) atoms. The molecule has 1 heterocycles. The predicted molar refractivity (Wildman–Crippen MR) is 115 cm³/mol. The number of Topliss-reactive ketones (excluding diaryl/α,β-unsaturated/α-hetero) is 1. The van der Waals surface area contributed by atoms with Crippen LogP contribution in [-0.2, 0) is 9.84 Å². The fourth-order valence-electron chi connectivity index (χ4n) is 3.61. The van der Waals surface area contributed by atoms with Crippen LogP contribution >= 0.6 is 0 Å². The molecule has 3 aromatic rings. The smallest absolute Gasteiger partial charge is 0.214 e. The molecular formula is C24H20FNO3S. The highest BCUT2D eigenvalue weighted by molar-refractivity contribution is 7.96. The maximum atomic E-state index is 14.0. The lowest BCUT2D eigenvalue weighted by atomic mass is 10.1. The van der Waals surface area contributed by atoms with Gasteiger partial charge in [-0.3, -0.25) is 4.79 Å². The zero-order chi connectivity index (χ0) is 21.6. The molecule has 1 aliphatic rings. The number of carbonyl (C=O) groups is 1. The average Bonchev–Trinajstić information content (AvgIpc) is 2.67. The number of carbonyl (C=O) groups excluding carboxylic acids is 1. The summed E-state index contributed by atoms with van der Waals surface area (Å²) in [6, 6.07) is 15.9. The molecule has 0 aromatic heterocycles. The Morgan fingerprint density at radius 3 is 2.10 bits per heavy atom. The number of benzene rings is 3. The maximum Gasteiger partial charge on any atom is 0.214 e. The number of hydrogen-bond donors (Lipinski definition) is 0. The summed E-state index contributed by atoms with van der Waals surface area (Å²) in [5, 5.41) is 0. The summed E-state index contributed by atoms with van der Waals surface area (Å²) in [5.41, 5.74) is 4.02. The third-order valence-electron chi connectivity index (χ3n) is 5.03. The van der Waals surface area contributed by atoms with Gasteiger partial charge < -0.3 is 4.90 Å². The predicted octanol–water partition coefficient (Wildman–Crippen LogP) is 5.40. The first kappa shape index (κ1) is 20.0. The minimum atomic E-state index is -4.12. The Morgan fingerprint density at radius 2 is 1.47 bits per heavy atom. The van der Waals surface area contributed by atoms with Gasteiger partial charge in [-0.15, -0.1) is 0 Å². The number of sulfone groups is 1. The van der Waals surface area contributed by atoms with Gasteiger partial charge >= 0.3 is 0 Å². The summed E-state index contributed by atoms with van der Waals surface area (Å²) in [4.78, 5) is 14.3. The summed E-state index contributed by atoms with van der Waals surface area (Å²) in [5.74, 6) is -1.15. The maximum absolute atomic E-state index is 14.0. The second-order valence-corrected chi connectivity index (χ2v) is 9.41. The van der Waals surface area contributed by atoms with E-state index >= 15 is 0 Å². The molecule has 0 saturated carbocycles. The monoisotopic (exact) mass is 421 g/mol. The Kier molecular flexibility index (Phi) is 4.82. The van der Waals surface area contributed by atoms with Gasteiger partial charge in [0.2, 0.25) is 15.6 Å². The first-order chi connectivity index (χ1) is 14.2. The zero-order valence-corrected chi connectivity index (χ0v) is 17.6. The lowest BCUT2D eigenvalue weighted by Crippen LogP contribution is -2.26. The lowest BCUT2D eigenvalue weighted by Gasteiger charge is -2.29. The van der Waals surface area contributed by atoms with E-state index in [4.69, 9.17) is 0 Å². The standard InChI is InChI=1S/C24H20FNO3S/c1-15-4-6-18(7-5-15)24(27)23-14-26(20-11-16(2)10-17(3)12-20)21-13-19(25)8-9-22(21)30(23,28)29/h4-14H,1-3H3. The summed E-state index contributed by atoms with van der Waals surface area (Å²) in [7, 11) is -4.12. The van der Waals surface area contributed by atoms with Gasteiger partial charge in [0.1, 0.15) is 10.7 Å². The molecule has 0 atom stereocenters. The third-order valence-corrected chi connectivity index (χ3v) is 6.82. The number of allylic oxidation sites excluding steroid dienone is 1. The van der Waals surface area contributed by atoms with Crippen molar-refractivity contribution in [2.24, 2.45) is 0 Å². The van der Waals surface area contributed by atoms with Crippen LogP contribution in [0.4, 0.5) is 15.8 Å². The van der Waals surface area contributed by atoms with Crippen molar-refractivity contribution >= 4 is 27.0 Å². The number of halogens is 1. The quantitative estimate of drug-likeness (QED) is 0.420. The highest BCUT2D eigenvalue weighted by atomic mass is 32.2. The summed E-state index contributed by atoms with van der Waals surface area (Å²) in [6.45, 7) is 5.73. The molecule has 0 bridgehead atoms.